The number of H-pyrrole nitrogens is 1. The molecular weight excluding hydrogens is 441 g/mol. The Bertz CT molecular complexity index is 1590. The van der Waals surface area contributed by atoms with Crippen molar-refractivity contribution in [2.75, 3.05) is 6.61 Å². The Balaban J connectivity index is 1.74. The van der Waals surface area contributed by atoms with Crippen molar-refractivity contribution in [3.8, 4) is 0 Å². The van der Waals surface area contributed by atoms with Crippen LogP contribution in [0.4, 0.5) is 4.39 Å². The zero-order valence-electron chi connectivity index (χ0n) is 18.0. The fourth-order valence-corrected chi connectivity index (χ4v) is 5.14. The van der Waals surface area contributed by atoms with Crippen LogP contribution in [0.15, 0.2) is 75.8 Å². The van der Waals surface area contributed by atoms with Gasteiger partial charge < -0.3 is 9.72 Å². The van der Waals surface area contributed by atoms with Crippen LogP contribution in [0.1, 0.15) is 31.0 Å². The number of nitrogens with zero attached hydrogens (tertiary/aromatic N) is 2. The summed E-state index contributed by atoms with van der Waals surface area (Å²) in [5.74, 6) is -0.942. The predicted octanol–water partition coefficient (Wildman–Crippen LogP) is 3.42. The van der Waals surface area contributed by atoms with Gasteiger partial charge in [0.1, 0.15) is 5.82 Å². The molecule has 1 atom stereocenters. The molecule has 0 unspecified atom stereocenters. The van der Waals surface area contributed by atoms with E-state index in [0.29, 0.717) is 20.6 Å². The fourth-order valence-electron chi connectivity index (χ4n) is 4.11. The molecule has 8 heteroatoms. The van der Waals surface area contributed by atoms with Gasteiger partial charge in [0.15, 0.2) is 4.80 Å². The number of carbonyl (C=O) groups is 1. The van der Waals surface area contributed by atoms with Crippen LogP contribution in [0.5, 0.6) is 0 Å². The number of allylic oxidation sites excluding steroid dienone is 1. The Morgan fingerprint density at radius 2 is 2.00 bits per heavy atom. The Labute approximate surface area is 192 Å². The summed E-state index contributed by atoms with van der Waals surface area (Å²) in [7, 11) is 0. The fraction of sp³-hybridized carbons (Fsp3) is 0.160. The van der Waals surface area contributed by atoms with Gasteiger partial charge in [0, 0.05) is 22.7 Å². The van der Waals surface area contributed by atoms with E-state index in [1.165, 1.54) is 28.0 Å². The van der Waals surface area contributed by atoms with E-state index >= 15 is 0 Å². The molecule has 0 bridgehead atoms. The molecule has 0 saturated carbocycles. The zero-order chi connectivity index (χ0) is 23.1. The number of para-hydroxylation sites is 1. The molecule has 6 nitrogen and oxygen atoms in total. The first kappa shape index (κ1) is 21.1. The van der Waals surface area contributed by atoms with Crippen LogP contribution in [0.25, 0.3) is 17.0 Å². The van der Waals surface area contributed by atoms with E-state index in [2.05, 4.69) is 9.98 Å². The third kappa shape index (κ3) is 3.62. The molecule has 0 spiro atoms. The minimum absolute atomic E-state index is 0.191. The highest BCUT2D eigenvalue weighted by Crippen LogP contribution is 2.30. The highest BCUT2D eigenvalue weighted by atomic mass is 32.1. The van der Waals surface area contributed by atoms with Gasteiger partial charge >= 0.3 is 5.97 Å². The number of nitrogens with one attached hydrogen (secondary N) is 1. The van der Waals surface area contributed by atoms with E-state index < -0.39 is 17.8 Å². The number of thiazole rings is 1. The lowest BCUT2D eigenvalue weighted by Crippen LogP contribution is -2.39. The maximum absolute atomic E-state index is 13.6. The van der Waals surface area contributed by atoms with Crippen molar-refractivity contribution >= 4 is 34.3 Å². The molecule has 5 rings (SSSR count). The van der Waals surface area contributed by atoms with Crippen molar-refractivity contribution in [1.82, 2.24) is 9.55 Å². The number of aromatic amines is 1. The number of ether oxygens (including phenoxy) is 1. The Morgan fingerprint density at radius 1 is 1.24 bits per heavy atom. The van der Waals surface area contributed by atoms with Gasteiger partial charge in [-0.3, -0.25) is 9.36 Å². The topological polar surface area (TPSA) is 76.4 Å². The first-order valence-electron chi connectivity index (χ1n) is 10.5. The molecule has 0 aliphatic carbocycles. The van der Waals surface area contributed by atoms with E-state index in [-0.39, 0.29) is 17.7 Å². The average molecular weight is 462 g/mol. The third-order valence-corrected chi connectivity index (χ3v) is 6.59. The summed E-state index contributed by atoms with van der Waals surface area (Å²) in [5, 5.41) is 1.00. The van der Waals surface area contributed by atoms with Crippen LogP contribution >= 0.6 is 11.3 Å². The summed E-state index contributed by atoms with van der Waals surface area (Å²) >= 11 is 1.26. The SMILES string of the molecule is CCOC(=O)C1=C(C)N=c2s/c(=C/c3c[nH]c4ccccc34)c(=O)n2[C@H]1c1ccc(F)cc1. The van der Waals surface area contributed by atoms with Gasteiger partial charge in [0.25, 0.3) is 5.56 Å². The van der Waals surface area contributed by atoms with Gasteiger partial charge in [-0.15, -0.1) is 0 Å². The largest absolute Gasteiger partial charge is 0.463 e. The summed E-state index contributed by atoms with van der Waals surface area (Å²) in [4.78, 5) is 34.7. The number of hydrogen-bond donors (Lipinski definition) is 1. The number of fused-ring (bicyclic) bond motifs is 2. The molecule has 3 heterocycles. The Hall–Kier alpha value is -3.78. The second kappa shape index (κ2) is 8.29. The van der Waals surface area contributed by atoms with Crippen molar-refractivity contribution < 1.29 is 13.9 Å². The van der Waals surface area contributed by atoms with Crippen LogP contribution in [0.2, 0.25) is 0 Å². The second-order valence-corrected chi connectivity index (χ2v) is 8.65. The highest BCUT2D eigenvalue weighted by molar-refractivity contribution is 7.07. The summed E-state index contributed by atoms with van der Waals surface area (Å²) in [5.41, 5.74) is 2.94. The zero-order valence-corrected chi connectivity index (χ0v) is 18.8. The number of carbonyl (C=O) groups excluding carboxylic acids is 1. The third-order valence-electron chi connectivity index (χ3n) is 5.61. The van der Waals surface area contributed by atoms with E-state index in [1.54, 1.807) is 26.0 Å². The quantitative estimate of drug-likeness (QED) is 0.473. The van der Waals surface area contributed by atoms with Crippen molar-refractivity contribution in [2.45, 2.75) is 19.9 Å². The Kier molecular flexibility index (Phi) is 5.30. The van der Waals surface area contributed by atoms with Gasteiger partial charge in [0.2, 0.25) is 0 Å². The van der Waals surface area contributed by atoms with Crippen LogP contribution in [-0.4, -0.2) is 22.1 Å². The second-order valence-electron chi connectivity index (χ2n) is 7.64. The number of halogens is 1. The molecule has 0 radical (unpaired) electrons. The lowest BCUT2D eigenvalue weighted by Gasteiger charge is -2.24. The first-order chi connectivity index (χ1) is 16.0. The predicted molar refractivity (Wildman–Crippen MR) is 125 cm³/mol. The maximum Gasteiger partial charge on any atom is 0.338 e. The van der Waals surface area contributed by atoms with Gasteiger partial charge in [-0.05, 0) is 43.7 Å². The van der Waals surface area contributed by atoms with Crippen LogP contribution in [0.3, 0.4) is 0 Å². The molecule has 4 aromatic rings. The maximum atomic E-state index is 13.6. The average Bonchev–Trinajstić information content (AvgIpc) is 3.35. The molecule has 2 aromatic heterocycles. The molecular formula is C25H20FN3O3S. The smallest absolute Gasteiger partial charge is 0.338 e. The van der Waals surface area contributed by atoms with E-state index in [9.17, 15) is 14.0 Å². The number of benzene rings is 2. The summed E-state index contributed by atoms with van der Waals surface area (Å²) < 4.78 is 20.9. The first-order valence-corrected chi connectivity index (χ1v) is 11.3. The molecule has 1 aliphatic rings. The minimum Gasteiger partial charge on any atom is -0.463 e. The van der Waals surface area contributed by atoms with Crippen molar-refractivity contribution in [3.05, 3.63) is 103 Å². The van der Waals surface area contributed by atoms with E-state index in [1.807, 2.05) is 36.5 Å². The normalized spacial score (nSPS) is 16.1. The molecule has 0 saturated heterocycles. The molecule has 2 aromatic carbocycles. The van der Waals surface area contributed by atoms with E-state index in [0.717, 1.165) is 16.5 Å². The number of hydrogen-bond acceptors (Lipinski definition) is 5. The number of aromatic nitrogens is 2. The van der Waals surface area contributed by atoms with Crippen molar-refractivity contribution in [1.29, 1.82) is 0 Å². The standard InChI is InChI=1S/C25H20FN3O3S/c1-3-32-24(31)21-14(2)28-25-29(22(21)15-8-10-17(26)11-9-15)23(30)20(33-25)12-16-13-27-19-7-5-4-6-18(16)19/h4-13,22,27H,3H2,1-2H3/b20-12+/t22-/m0/s1. The summed E-state index contributed by atoms with van der Waals surface area (Å²) in [6.07, 6.45) is 3.68. The lowest BCUT2D eigenvalue weighted by atomic mass is 9.96. The highest BCUT2D eigenvalue weighted by Gasteiger charge is 2.33. The summed E-state index contributed by atoms with van der Waals surface area (Å²) in [6.45, 7) is 3.63. The molecule has 1 aliphatic heterocycles. The molecule has 33 heavy (non-hydrogen) atoms. The molecule has 0 fully saturated rings. The lowest BCUT2D eigenvalue weighted by molar-refractivity contribution is -0.139. The number of rotatable bonds is 4. The van der Waals surface area contributed by atoms with Gasteiger partial charge in [-0.1, -0.05) is 41.7 Å². The van der Waals surface area contributed by atoms with Gasteiger partial charge in [-0.2, -0.15) is 0 Å². The van der Waals surface area contributed by atoms with Crippen LogP contribution in [-0.2, 0) is 9.53 Å². The molecule has 1 N–H and O–H groups in total. The number of esters is 1. The summed E-state index contributed by atoms with van der Waals surface area (Å²) in [6, 6.07) is 12.9. The minimum atomic E-state index is -0.758. The Morgan fingerprint density at radius 3 is 2.76 bits per heavy atom. The van der Waals surface area contributed by atoms with Crippen molar-refractivity contribution in [2.24, 2.45) is 4.99 Å². The van der Waals surface area contributed by atoms with Crippen LogP contribution in [0, 0.1) is 5.82 Å². The van der Waals surface area contributed by atoms with Gasteiger partial charge in [-0.25, -0.2) is 14.2 Å². The van der Waals surface area contributed by atoms with Gasteiger partial charge in [0.05, 0.1) is 28.5 Å². The molecule has 166 valence electrons. The monoisotopic (exact) mass is 461 g/mol. The van der Waals surface area contributed by atoms with E-state index in [4.69, 9.17) is 4.74 Å². The van der Waals surface area contributed by atoms with Crippen LogP contribution < -0.4 is 14.9 Å². The molecule has 0 amide bonds. The van der Waals surface area contributed by atoms with Crippen molar-refractivity contribution in [3.63, 3.8) is 0 Å².